The number of amides is 1. The number of halogens is 4. The predicted molar refractivity (Wildman–Crippen MR) is 100 cm³/mol. The van der Waals surface area contributed by atoms with Gasteiger partial charge in [0.1, 0.15) is 0 Å². The van der Waals surface area contributed by atoms with Crippen molar-refractivity contribution in [3.05, 3.63) is 29.3 Å². The quantitative estimate of drug-likeness (QED) is 0.832. The molecular weight excluding hydrogens is 379 g/mol. The molecule has 150 valence electrons. The van der Waals surface area contributed by atoms with Crippen LogP contribution in [0.3, 0.4) is 0 Å². The lowest BCUT2D eigenvalue weighted by Crippen LogP contribution is -2.51. The fourth-order valence-electron chi connectivity index (χ4n) is 3.95. The second-order valence-corrected chi connectivity index (χ2v) is 7.79. The molecule has 1 N–H and O–H groups in total. The Hall–Kier alpha value is -1.47. The van der Waals surface area contributed by atoms with Crippen molar-refractivity contribution in [1.82, 2.24) is 10.2 Å². The Balaban J connectivity index is 1.44. The van der Waals surface area contributed by atoms with Crippen molar-refractivity contribution in [3.63, 3.8) is 0 Å². The lowest BCUT2D eigenvalue weighted by Gasteiger charge is -2.36. The minimum atomic E-state index is -4.17. The molecule has 1 saturated heterocycles. The van der Waals surface area contributed by atoms with E-state index < -0.39 is 12.1 Å². The molecule has 0 radical (unpaired) electrons. The topological polar surface area (TPSA) is 35.6 Å². The van der Waals surface area contributed by atoms with E-state index in [9.17, 15) is 18.0 Å². The van der Waals surface area contributed by atoms with Gasteiger partial charge in [0.05, 0.1) is 23.2 Å². The van der Waals surface area contributed by atoms with Gasteiger partial charge in [-0.2, -0.15) is 13.2 Å². The normalized spacial score (nSPS) is 24.7. The number of nitrogens with zero attached hydrogens (tertiary/aromatic N) is 2. The lowest BCUT2D eigenvalue weighted by molar-refractivity contribution is -0.184. The van der Waals surface area contributed by atoms with E-state index in [1.165, 1.54) is 0 Å². The number of hydrogen-bond donors (Lipinski definition) is 1. The van der Waals surface area contributed by atoms with Crippen LogP contribution in [0, 0.1) is 5.92 Å². The van der Waals surface area contributed by atoms with Crippen molar-refractivity contribution in [3.8, 4) is 0 Å². The summed E-state index contributed by atoms with van der Waals surface area (Å²) in [6, 6.07) is 7.29. The smallest absolute Gasteiger partial charge is 0.368 e. The Morgan fingerprint density at radius 3 is 2.52 bits per heavy atom. The summed E-state index contributed by atoms with van der Waals surface area (Å²) in [5.41, 5.74) is 0.990. The molecule has 2 atom stereocenters. The van der Waals surface area contributed by atoms with Gasteiger partial charge < -0.3 is 10.2 Å². The fraction of sp³-hybridized carbons (Fsp3) is 0.632. The number of carbonyl (C=O) groups is 1. The molecule has 1 amide bonds. The maximum atomic E-state index is 12.9. The molecule has 2 fully saturated rings. The van der Waals surface area contributed by atoms with Crippen molar-refractivity contribution in [2.24, 2.45) is 5.92 Å². The molecule has 1 aliphatic heterocycles. The molecular formula is C19H25ClF3N3O. The number of hydrogen-bond acceptors (Lipinski definition) is 3. The summed E-state index contributed by atoms with van der Waals surface area (Å²) in [4.78, 5) is 16.5. The van der Waals surface area contributed by atoms with Crippen LogP contribution in [0.4, 0.5) is 18.9 Å². The molecule has 1 aromatic rings. The highest BCUT2D eigenvalue weighted by Gasteiger charge is 2.42. The molecule has 0 spiro atoms. The molecule has 0 unspecified atom stereocenters. The molecule has 0 bridgehead atoms. The van der Waals surface area contributed by atoms with Gasteiger partial charge >= 0.3 is 6.18 Å². The number of alkyl halides is 3. The third kappa shape index (κ3) is 5.51. The maximum Gasteiger partial charge on any atom is 0.391 e. The van der Waals surface area contributed by atoms with E-state index in [0.29, 0.717) is 31.0 Å². The third-order valence-corrected chi connectivity index (χ3v) is 5.75. The molecule has 3 rings (SSSR count). The van der Waals surface area contributed by atoms with Crippen molar-refractivity contribution >= 4 is 23.2 Å². The summed E-state index contributed by atoms with van der Waals surface area (Å²) in [5, 5.41) is 3.51. The minimum absolute atomic E-state index is 0.00444. The first-order valence-electron chi connectivity index (χ1n) is 9.41. The van der Waals surface area contributed by atoms with Crippen LogP contribution < -0.4 is 10.2 Å². The Labute approximate surface area is 162 Å². The average molecular weight is 404 g/mol. The molecule has 1 saturated carbocycles. The lowest BCUT2D eigenvalue weighted by atomic mass is 9.85. The molecule has 4 nitrogen and oxygen atoms in total. The summed E-state index contributed by atoms with van der Waals surface area (Å²) in [5.74, 6) is -1.48. The Bertz CT molecular complexity index is 647. The van der Waals surface area contributed by atoms with Gasteiger partial charge in [-0.05, 0) is 31.4 Å². The fourth-order valence-corrected chi connectivity index (χ4v) is 4.20. The van der Waals surface area contributed by atoms with Crippen molar-refractivity contribution < 1.29 is 18.0 Å². The van der Waals surface area contributed by atoms with Gasteiger partial charge in [0.25, 0.3) is 0 Å². The van der Waals surface area contributed by atoms with E-state index in [2.05, 4.69) is 10.2 Å². The van der Waals surface area contributed by atoms with Crippen LogP contribution in [0.2, 0.25) is 5.02 Å². The number of para-hydroxylation sites is 1. The van der Waals surface area contributed by atoms with E-state index in [1.54, 1.807) is 0 Å². The third-order valence-electron chi connectivity index (χ3n) is 5.43. The van der Waals surface area contributed by atoms with Crippen LogP contribution in [0.1, 0.15) is 25.7 Å². The second-order valence-electron chi connectivity index (χ2n) is 7.38. The Morgan fingerprint density at radius 1 is 1.15 bits per heavy atom. The van der Waals surface area contributed by atoms with Gasteiger partial charge in [-0.3, -0.25) is 9.69 Å². The van der Waals surface area contributed by atoms with E-state index in [0.717, 1.165) is 18.8 Å². The van der Waals surface area contributed by atoms with Crippen molar-refractivity contribution in [1.29, 1.82) is 0 Å². The van der Waals surface area contributed by atoms with Gasteiger partial charge in [-0.15, -0.1) is 0 Å². The Morgan fingerprint density at radius 2 is 1.85 bits per heavy atom. The molecule has 2 aliphatic rings. The monoisotopic (exact) mass is 403 g/mol. The van der Waals surface area contributed by atoms with Crippen LogP contribution in [-0.4, -0.2) is 55.7 Å². The predicted octanol–water partition coefficient (Wildman–Crippen LogP) is 3.70. The van der Waals surface area contributed by atoms with Crippen LogP contribution in [0.25, 0.3) is 0 Å². The Kier molecular flexibility index (Phi) is 6.52. The molecule has 27 heavy (non-hydrogen) atoms. The van der Waals surface area contributed by atoms with Crippen molar-refractivity contribution in [2.75, 3.05) is 37.6 Å². The molecule has 0 aromatic heterocycles. The standard InChI is InChI=1S/C19H25ClF3N3O/c20-16-6-1-2-7-17(16)26-10-8-25(9-11-26)13-18(27)24-15-5-3-4-14(12-15)19(21,22)23/h1-2,6-7,14-15H,3-5,8-13H2,(H,24,27)/t14-,15+/m1/s1. The van der Waals surface area contributed by atoms with Gasteiger partial charge in [0.2, 0.25) is 5.91 Å². The number of rotatable bonds is 4. The largest absolute Gasteiger partial charge is 0.391 e. The van der Waals surface area contributed by atoms with Crippen molar-refractivity contribution in [2.45, 2.75) is 37.9 Å². The first-order chi connectivity index (χ1) is 12.8. The van der Waals surface area contributed by atoms with Gasteiger partial charge in [-0.1, -0.05) is 30.2 Å². The van der Waals surface area contributed by atoms with E-state index >= 15 is 0 Å². The summed E-state index contributed by atoms with van der Waals surface area (Å²) in [7, 11) is 0. The molecule has 1 heterocycles. The SMILES string of the molecule is O=C(CN1CCN(c2ccccc2Cl)CC1)N[C@H]1CCC[C@@H](C(F)(F)F)C1. The van der Waals surface area contributed by atoms with Crippen LogP contribution in [0.5, 0.6) is 0 Å². The van der Waals surface area contributed by atoms with Gasteiger partial charge in [0.15, 0.2) is 0 Å². The first kappa shape index (κ1) is 20.3. The first-order valence-corrected chi connectivity index (χ1v) is 9.78. The highest BCUT2D eigenvalue weighted by atomic mass is 35.5. The summed E-state index contributed by atoms with van der Waals surface area (Å²) in [6.07, 6.45) is -2.88. The highest BCUT2D eigenvalue weighted by Crippen LogP contribution is 2.37. The molecule has 8 heteroatoms. The number of benzene rings is 1. The summed E-state index contributed by atoms with van der Waals surface area (Å²) < 4.78 is 38.7. The van der Waals surface area contributed by atoms with Crippen LogP contribution in [-0.2, 0) is 4.79 Å². The van der Waals surface area contributed by atoms with E-state index in [4.69, 9.17) is 11.6 Å². The van der Waals surface area contributed by atoms with Gasteiger partial charge in [0, 0.05) is 32.2 Å². The minimum Gasteiger partial charge on any atom is -0.368 e. The summed E-state index contributed by atoms with van der Waals surface area (Å²) >= 11 is 6.23. The van der Waals surface area contributed by atoms with E-state index in [1.807, 2.05) is 29.2 Å². The van der Waals surface area contributed by atoms with Crippen LogP contribution >= 0.6 is 11.6 Å². The van der Waals surface area contributed by atoms with E-state index in [-0.39, 0.29) is 31.3 Å². The van der Waals surface area contributed by atoms with Gasteiger partial charge in [-0.25, -0.2) is 0 Å². The molecule has 1 aliphatic carbocycles. The summed E-state index contributed by atoms with van der Waals surface area (Å²) in [6.45, 7) is 3.18. The van der Waals surface area contributed by atoms with Crippen LogP contribution in [0.15, 0.2) is 24.3 Å². The second kappa shape index (κ2) is 8.69. The number of nitrogens with one attached hydrogen (secondary N) is 1. The molecule has 1 aromatic carbocycles. The average Bonchev–Trinajstić information content (AvgIpc) is 2.62. The highest BCUT2D eigenvalue weighted by molar-refractivity contribution is 6.33. The zero-order chi connectivity index (χ0) is 19.4. The maximum absolute atomic E-state index is 12.9. The zero-order valence-electron chi connectivity index (χ0n) is 15.1. The number of anilines is 1. The number of piperazine rings is 1. The number of carbonyl (C=O) groups excluding carboxylic acids is 1. The zero-order valence-corrected chi connectivity index (χ0v) is 15.9.